The van der Waals surface area contributed by atoms with Gasteiger partial charge >= 0.3 is 0 Å². The third-order valence-electron chi connectivity index (χ3n) is 3.09. The lowest BCUT2D eigenvalue weighted by atomic mass is 10.2. The van der Waals surface area contributed by atoms with Gasteiger partial charge in [-0.25, -0.2) is 13.4 Å². The summed E-state index contributed by atoms with van der Waals surface area (Å²) in [6, 6.07) is 11.6. The highest BCUT2D eigenvalue weighted by molar-refractivity contribution is 7.92. The van der Waals surface area contributed by atoms with Gasteiger partial charge in [-0.2, -0.15) is 5.10 Å². The average molecular weight is 314 g/mol. The van der Waals surface area contributed by atoms with Crippen molar-refractivity contribution in [3.63, 3.8) is 0 Å². The first kappa shape index (κ1) is 14.3. The molecule has 1 aromatic carbocycles. The predicted octanol–water partition coefficient (Wildman–Crippen LogP) is 2.28. The molecule has 0 unspecified atom stereocenters. The summed E-state index contributed by atoms with van der Waals surface area (Å²) in [5, 5.41) is 4.09. The van der Waals surface area contributed by atoms with Crippen molar-refractivity contribution in [2.75, 3.05) is 4.72 Å². The fourth-order valence-electron chi connectivity index (χ4n) is 1.99. The Kier molecular flexibility index (Phi) is 3.64. The van der Waals surface area contributed by atoms with Crippen molar-refractivity contribution in [2.24, 2.45) is 7.05 Å². The molecule has 1 N–H and O–H groups in total. The minimum absolute atomic E-state index is 0.202. The van der Waals surface area contributed by atoms with Crippen LogP contribution in [0.5, 0.6) is 0 Å². The number of nitrogens with zero attached hydrogens (tertiary/aromatic N) is 3. The van der Waals surface area contributed by atoms with Crippen molar-refractivity contribution >= 4 is 15.8 Å². The Labute approximate surface area is 128 Å². The van der Waals surface area contributed by atoms with Gasteiger partial charge < -0.3 is 0 Å². The Balaban J connectivity index is 1.82. The fraction of sp³-hybridized carbons (Fsp3) is 0.0667. The third kappa shape index (κ3) is 2.99. The number of sulfonamides is 1. The predicted molar refractivity (Wildman–Crippen MR) is 83.7 cm³/mol. The molecule has 0 aliphatic rings. The molecule has 0 saturated carbocycles. The van der Waals surface area contributed by atoms with E-state index in [9.17, 15) is 8.42 Å². The molecule has 22 heavy (non-hydrogen) atoms. The summed E-state index contributed by atoms with van der Waals surface area (Å²) in [6.07, 6.45) is 5.20. The van der Waals surface area contributed by atoms with Gasteiger partial charge in [0.2, 0.25) is 0 Å². The molecule has 6 nitrogen and oxygen atoms in total. The van der Waals surface area contributed by atoms with Crippen molar-refractivity contribution in [3.8, 4) is 11.1 Å². The molecule has 112 valence electrons. The lowest BCUT2D eigenvalue weighted by Gasteiger charge is -2.07. The number of pyridine rings is 1. The second kappa shape index (κ2) is 5.61. The van der Waals surface area contributed by atoms with E-state index in [1.807, 2.05) is 13.2 Å². The molecule has 0 aliphatic heterocycles. The molecule has 0 amide bonds. The van der Waals surface area contributed by atoms with E-state index < -0.39 is 10.0 Å². The van der Waals surface area contributed by atoms with Gasteiger partial charge in [0.15, 0.2) is 0 Å². The van der Waals surface area contributed by atoms with E-state index in [2.05, 4.69) is 14.8 Å². The van der Waals surface area contributed by atoms with Crippen molar-refractivity contribution in [2.45, 2.75) is 4.90 Å². The Hall–Kier alpha value is -2.67. The van der Waals surface area contributed by atoms with Gasteiger partial charge in [-0.3, -0.25) is 9.40 Å². The van der Waals surface area contributed by atoms with Crippen LogP contribution in [-0.2, 0) is 17.1 Å². The van der Waals surface area contributed by atoms with Crippen LogP contribution in [0.1, 0.15) is 0 Å². The van der Waals surface area contributed by atoms with Gasteiger partial charge in [0.1, 0.15) is 5.82 Å². The smallest absolute Gasteiger partial charge is 0.263 e. The van der Waals surface area contributed by atoms with Gasteiger partial charge in [-0.15, -0.1) is 0 Å². The van der Waals surface area contributed by atoms with Crippen LogP contribution in [0.25, 0.3) is 11.1 Å². The number of aromatic nitrogens is 3. The molecule has 2 aromatic heterocycles. The van der Waals surface area contributed by atoms with Gasteiger partial charge in [0, 0.05) is 30.6 Å². The summed E-state index contributed by atoms with van der Waals surface area (Å²) in [6.45, 7) is 0. The molecule has 0 fully saturated rings. The molecule has 7 heteroatoms. The van der Waals surface area contributed by atoms with E-state index in [1.165, 1.54) is 12.1 Å². The number of aryl methyl sites for hydroxylation is 1. The number of nitrogens with one attached hydrogen (secondary N) is 1. The van der Waals surface area contributed by atoms with Crippen molar-refractivity contribution in [1.29, 1.82) is 0 Å². The van der Waals surface area contributed by atoms with E-state index >= 15 is 0 Å². The molecule has 0 spiro atoms. The van der Waals surface area contributed by atoms with Crippen LogP contribution < -0.4 is 4.72 Å². The van der Waals surface area contributed by atoms with Crippen LogP contribution >= 0.6 is 0 Å². The summed E-state index contributed by atoms with van der Waals surface area (Å²) < 4.78 is 28.5. The van der Waals surface area contributed by atoms with E-state index in [0.29, 0.717) is 0 Å². The van der Waals surface area contributed by atoms with Crippen LogP contribution in [0.4, 0.5) is 5.82 Å². The highest BCUT2D eigenvalue weighted by Crippen LogP contribution is 2.20. The van der Waals surface area contributed by atoms with Crippen LogP contribution in [0.2, 0.25) is 0 Å². The van der Waals surface area contributed by atoms with E-state index in [-0.39, 0.29) is 10.7 Å². The zero-order valence-electron chi connectivity index (χ0n) is 11.8. The standard InChI is InChI=1S/C15H14N4O2S/c1-19-11-13(10-17-19)12-7-8-15(16-9-12)18-22(20,21)14-5-3-2-4-6-14/h2-11H,1H3,(H,16,18). The summed E-state index contributed by atoms with van der Waals surface area (Å²) >= 11 is 0. The maximum absolute atomic E-state index is 12.2. The summed E-state index contributed by atoms with van der Waals surface area (Å²) in [4.78, 5) is 4.35. The first-order chi connectivity index (χ1) is 10.5. The van der Waals surface area contributed by atoms with Crippen molar-refractivity contribution in [1.82, 2.24) is 14.8 Å². The Morgan fingerprint density at radius 1 is 1.00 bits per heavy atom. The third-order valence-corrected chi connectivity index (χ3v) is 4.46. The quantitative estimate of drug-likeness (QED) is 0.801. The minimum Gasteiger partial charge on any atom is -0.275 e. The van der Waals surface area contributed by atoms with Crippen molar-refractivity contribution in [3.05, 3.63) is 61.1 Å². The Morgan fingerprint density at radius 2 is 1.77 bits per heavy atom. The molecule has 0 saturated heterocycles. The Morgan fingerprint density at radius 3 is 2.36 bits per heavy atom. The second-order valence-corrected chi connectivity index (χ2v) is 6.44. The molecular weight excluding hydrogens is 300 g/mol. The molecular formula is C15H14N4O2S. The molecule has 0 atom stereocenters. The fourth-order valence-corrected chi connectivity index (χ4v) is 3.02. The number of hydrogen-bond donors (Lipinski definition) is 1. The highest BCUT2D eigenvalue weighted by Gasteiger charge is 2.14. The van der Waals surface area contributed by atoms with Gasteiger partial charge in [0.25, 0.3) is 10.0 Å². The number of anilines is 1. The Bertz CT molecular complexity index is 871. The molecule has 3 rings (SSSR count). The number of hydrogen-bond acceptors (Lipinski definition) is 4. The maximum atomic E-state index is 12.2. The lowest BCUT2D eigenvalue weighted by Crippen LogP contribution is -2.13. The molecule has 0 aliphatic carbocycles. The normalized spacial score (nSPS) is 11.3. The van der Waals surface area contributed by atoms with E-state index in [0.717, 1.165) is 11.1 Å². The first-order valence-electron chi connectivity index (χ1n) is 6.57. The zero-order valence-corrected chi connectivity index (χ0v) is 12.7. The highest BCUT2D eigenvalue weighted by atomic mass is 32.2. The van der Waals surface area contributed by atoms with Gasteiger partial charge in [-0.05, 0) is 24.3 Å². The molecule has 2 heterocycles. The van der Waals surface area contributed by atoms with Crippen LogP contribution in [0.3, 0.4) is 0 Å². The number of rotatable bonds is 4. The SMILES string of the molecule is Cn1cc(-c2ccc(NS(=O)(=O)c3ccccc3)nc2)cn1. The largest absolute Gasteiger partial charge is 0.275 e. The molecule has 3 aromatic rings. The monoisotopic (exact) mass is 314 g/mol. The second-order valence-electron chi connectivity index (χ2n) is 4.75. The van der Waals surface area contributed by atoms with E-state index in [4.69, 9.17) is 0 Å². The maximum Gasteiger partial charge on any atom is 0.263 e. The average Bonchev–Trinajstić information content (AvgIpc) is 2.95. The summed E-state index contributed by atoms with van der Waals surface area (Å²) in [7, 11) is -1.78. The first-order valence-corrected chi connectivity index (χ1v) is 8.06. The summed E-state index contributed by atoms with van der Waals surface area (Å²) in [5.74, 6) is 0.275. The molecule has 0 radical (unpaired) electrons. The van der Waals surface area contributed by atoms with Crippen LogP contribution in [0, 0.1) is 0 Å². The number of benzene rings is 1. The van der Waals surface area contributed by atoms with Crippen LogP contribution in [-0.4, -0.2) is 23.2 Å². The van der Waals surface area contributed by atoms with Gasteiger partial charge in [-0.1, -0.05) is 18.2 Å². The lowest BCUT2D eigenvalue weighted by molar-refractivity contribution is 0.601. The van der Waals surface area contributed by atoms with Crippen LogP contribution in [0.15, 0.2) is 66.0 Å². The topological polar surface area (TPSA) is 76.9 Å². The van der Waals surface area contributed by atoms with E-state index in [1.54, 1.807) is 47.4 Å². The van der Waals surface area contributed by atoms with Crippen molar-refractivity contribution < 1.29 is 8.42 Å². The minimum atomic E-state index is -3.62. The zero-order chi connectivity index (χ0) is 15.6. The summed E-state index contributed by atoms with van der Waals surface area (Å²) in [5.41, 5.74) is 1.79. The van der Waals surface area contributed by atoms with Gasteiger partial charge in [0.05, 0.1) is 11.1 Å². The molecule has 0 bridgehead atoms.